The molecular weight excluding hydrogens is 300 g/mol. The number of carboxylic acids is 1. The molecule has 0 amide bonds. The van der Waals surface area contributed by atoms with Crippen LogP contribution in [0.5, 0.6) is 0 Å². The molecule has 1 heterocycles. The largest absolute Gasteiger partial charge is 0.480 e. The van der Waals surface area contributed by atoms with Crippen LogP contribution in [0.3, 0.4) is 0 Å². The van der Waals surface area contributed by atoms with Gasteiger partial charge >= 0.3 is 11.9 Å². The highest BCUT2D eigenvalue weighted by Crippen LogP contribution is 2.10. The second-order valence-electron chi connectivity index (χ2n) is 4.92. The molecule has 21 heavy (non-hydrogen) atoms. The van der Waals surface area contributed by atoms with Gasteiger partial charge in [-0.25, -0.2) is 12.7 Å². The summed E-state index contributed by atoms with van der Waals surface area (Å²) in [7, 11) is -2.14. The SMILES string of the molecule is COC(=O)CCCS(=O)(=O)N1CCCN(CC(=O)O)CC1. The Morgan fingerprint density at radius 3 is 2.52 bits per heavy atom. The maximum absolute atomic E-state index is 12.2. The first-order valence-electron chi connectivity index (χ1n) is 6.84. The summed E-state index contributed by atoms with van der Waals surface area (Å²) < 4.78 is 30.2. The van der Waals surface area contributed by atoms with E-state index in [-0.39, 0.29) is 31.7 Å². The molecule has 122 valence electrons. The summed E-state index contributed by atoms with van der Waals surface area (Å²) in [6.45, 7) is 1.57. The minimum Gasteiger partial charge on any atom is -0.480 e. The van der Waals surface area contributed by atoms with Crippen molar-refractivity contribution in [3.63, 3.8) is 0 Å². The fourth-order valence-corrected chi connectivity index (χ4v) is 3.74. The fourth-order valence-electron chi connectivity index (χ4n) is 2.20. The number of carboxylic acid groups (broad SMARTS) is 1. The number of aliphatic carboxylic acids is 1. The first-order chi connectivity index (χ1) is 9.85. The third-order valence-electron chi connectivity index (χ3n) is 3.31. The molecule has 0 aromatic rings. The van der Waals surface area contributed by atoms with E-state index in [0.717, 1.165) is 0 Å². The molecule has 0 saturated carbocycles. The van der Waals surface area contributed by atoms with Crippen molar-refractivity contribution in [1.82, 2.24) is 9.21 Å². The first-order valence-corrected chi connectivity index (χ1v) is 8.45. The van der Waals surface area contributed by atoms with Gasteiger partial charge in [-0.3, -0.25) is 14.5 Å². The molecule has 8 nitrogen and oxygen atoms in total. The minimum atomic E-state index is -3.41. The number of methoxy groups -OCH3 is 1. The van der Waals surface area contributed by atoms with Gasteiger partial charge in [0, 0.05) is 32.6 Å². The molecule has 1 N–H and O–H groups in total. The van der Waals surface area contributed by atoms with E-state index in [1.54, 1.807) is 4.90 Å². The molecule has 1 aliphatic rings. The fraction of sp³-hybridized carbons (Fsp3) is 0.833. The van der Waals surface area contributed by atoms with E-state index in [4.69, 9.17) is 5.11 Å². The Kier molecular flexibility index (Phi) is 7.06. The number of sulfonamides is 1. The van der Waals surface area contributed by atoms with Gasteiger partial charge in [0.2, 0.25) is 10.0 Å². The summed E-state index contributed by atoms with van der Waals surface area (Å²) in [5.41, 5.74) is 0. The van der Waals surface area contributed by atoms with Crippen molar-refractivity contribution >= 4 is 22.0 Å². The second kappa shape index (κ2) is 8.30. The maximum Gasteiger partial charge on any atom is 0.317 e. The van der Waals surface area contributed by atoms with Crippen LogP contribution >= 0.6 is 0 Å². The van der Waals surface area contributed by atoms with Crippen molar-refractivity contribution < 1.29 is 27.9 Å². The van der Waals surface area contributed by atoms with Crippen LogP contribution in [-0.2, 0) is 24.3 Å². The number of nitrogens with zero attached hydrogens (tertiary/aromatic N) is 2. The van der Waals surface area contributed by atoms with Crippen LogP contribution in [0.2, 0.25) is 0 Å². The van der Waals surface area contributed by atoms with E-state index in [0.29, 0.717) is 26.1 Å². The first kappa shape index (κ1) is 17.9. The Labute approximate surface area is 124 Å². The average molecular weight is 322 g/mol. The van der Waals surface area contributed by atoms with E-state index in [1.165, 1.54) is 11.4 Å². The molecule has 0 radical (unpaired) electrons. The van der Waals surface area contributed by atoms with Gasteiger partial charge in [0.05, 0.1) is 19.4 Å². The van der Waals surface area contributed by atoms with Gasteiger partial charge in [-0.1, -0.05) is 0 Å². The summed E-state index contributed by atoms with van der Waals surface area (Å²) >= 11 is 0. The zero-order valence-electron chi connectivity index (χ0n) is 12.2. The predicted octanol–water partition coefficient (Wildman–Crippen LogP) is -0.638. The standard InChI is InChI=1S/C12H22N2O6S/c1-20-12(17)4-2-9-21(18,19)14-6-3-5-13(7-8-14)10-11(15)16/h2-10H2,1H3,(H,15,16). The van der Waals surface area contributed by atoms with E-state index in [1.807, 2.05) is 0 Å². The van der Waals surface area contributed by atoms with Crippen LogP contribution in [-0.4, -0.2) is 80.3 Å². The highest BCUT2D eigenvalue weighted by molar-refractivity contribution is 7.89. The lowest BCUT2D eigenvalue weighted by atomic mass is 10.3. The van der Waals surface area contributed by atoms with Gasteiger partial charge < -0.3 is 9.84 Å². The topological polar surface area (TPSA) is 104 Å². The zero-order valence-corrected chi connectivity index (χ0v) is 13.0. The van der Waals surface area contributed by atoms with Crippen LogP contribution in [0, 0.1) is 0 Å². The summed E-state index contributed by atoms with van der Waals surface area (Å²) in [6.07, 6.45) is 0.905. The zero-order chi connectivity index (χ0) is 15.9. The number of hydrogen-bond acceptors (Lipinski definition) is 6. The molecule has 0 atom stereocenters. The van der Waals surface area contributed by atoms with Crippen LogP contribution in [0.15, 0.2) is 0 Å². The summed E-state index contributed by atoms with van der Waals surface area (Å²) in [5.74, 6) is -1.43. The van der Waals surface area contributed by atoms with Gasteiger partial charge in [0.1, 0.15) is 0 Å². The number of carbonyl (C=O) groups excluding carboxylic acids is 1. The molecule has 0 spiro atoms. The highest BCUT2D eigenvalue weighted by atomic mass is 32.2. The molecular formula is C12H22N2O6S. The lowest BCUT2D eigenvalue weighted by molar-refractivity contribution is -0.140. The lowest BCUT2D eigenvalue weighted by Gasteiger charge is -2.20. The number of ether oxygens (including phenoxy) is 1. The minimum absolute atomic E-state index is 0.0732. The van der Waals surface area contributed by atoms with Crippen LogP contribution in [0.1, 0.15) is 19.3 Å². The van der Waals surface area contributed by atoms with E-state index in [9.17, 15) is 18.0 Å². The molecule has 1 aliphatic heterocycles. The van der Waals surface area contributed by atoms with Crippen molar-refractivity contribution in [1.29, 1.82) is 0 Å². The quantitative estimate of drug-likeness (QED) is 0.622. The van der Waals surface area contributed by atoms with Crippen molar-refractivity contribution in [3.05, 3.63) is 0 Å². The van der Waals surface area contributed by atoms with Crippen LogP contribution < -0.4 is 0 Å². The Morgan fingerprint density at radius 2 is 1.90 bits per heavy atom. The average Bonchev–Trinajstić information content (AvgIpc) is 2.63. The van der Waals surface area contributed by atoms with Gasteiger partial charge in [-0.05, 0) is 12.8 Å². The van der Waals surface area contributed by atoms with Crippen molar-refractivity contribution in [2.24, 2.45) is 0 Å². The molecule has 1 fully saturated rings. The predicted molar refractivity (Wildman–Crippen MR) is 75.3 cm³/mol. The van der Waals surface area contributed by atoms with Crippen LogP contribution in [0.4, 0.5) is 0 Å². The van der Waals surface area contributed by atoms with E-state index < -0.39 is 22.0 Å². The molecule has 0 aromatic heterocycles. The van der Waals surface area contributed by atoms with Gasteiger partial charge in [-0.2, -0.15) is 0 Å². The molecule has 0 aromatic carbocycles. The Hall–Kier alpha value is -1.19. The van der Waals surface area contributed by atoms with Crippen molar-refractivity contribution in [2.45, 2.75) is 19.3 Å². The maximum atomic E-state index is 12.2. The van der Waals surface area contributed by atoms with E-state index in [2.05, 4.69) is 4.74 Å². The van der Waals surface area contributed by atoms with Crippen molar-refractivity contribution in [3.8, 4) is 0 Å². The monoisotopic (exact) mass is 322 g/mol. The number of hydrogen-bond donors (Lipinski definition) is 1. The van der Waals surface area contributed by atoms with Gasteiger partial charge in [0.25, 0.3) is 0 Å². The normalized spacial score (nSPS) is 18.1. The van der Waals surface area contributed by atoms with Gasteiger partial charge in [-0.15, -0.1) is 0 Å². The molecule has 0 aliphatic carbocycles. The molecule has 0 unspecified atom stereocenters. The van der Waals surface area contributed by atoms with Crippen molar-refractivity contribution in [2.75, 3.05) is 45.6 Å². The number of carbonyl (C=O) groups is 2. The third kappa shape index (κ3) is 6.40. The Balaban J connectivity index is 2.48. The van der Waals surface area contributed by atoms with Crippen LogP contribution in [0.25, 0.3) is 0 Å². The smallest absolute Gasteiger partial charge is 0.317 e. The molecule has 0 bridgehead atoms. The Morgan fingerprint density at radius 1 is 1.19 bits per heavy atom. The lowest BCUT2D eigenvalue weighted by Crippen LogP contribution is -2.37. The summed E-state index contributed by atoms with van der Waals surface area (Å²) in [6, 6.07) is 0. The third-order valence-corrected chi connectivity index (χ3v) is 5.27. The van der Waals surface area contributed by atoms with E-state index >= 15 is 0 Å². The molecule has 1 rings (SSSR count). The molecule has 9 heteroatoms. The summed E-state index contributed by atoms with van der Waals surface area (Å²) in [5, 5.41) is 8.76. The highest BCUT2D eigenvalue weighted by Gasteiger charge is 2.25. The molecule has 1 saturated heterocycles. The van der Waals surface area contributed by atoms with Gasteiger partial charge in [0.15, 0.2) is 0 Å². The second-order valence-corrected chi connectivity index (χ2v) is 7.01. The number of rotatable bonds is 7. The number of esters is 1. The summed E-state index contributed by atoms with van der Waals surface area (Å²) in [4.78, 5) is 23.4. The Bertz CT molecular complexity index is 464.